The van der Waals surface area contributed by atoms with Crippen LogP contribution in [0.3, 0.4) is 0 Å². The lowest BCUT2D eigenvalue weighted by Crippen LogP contribution is -2.13. The topological polar surface area (TPSA) is 68.0 Å². The van der Waals surface area contributed by atoms with Gasteiger partial charge in [-0.3, -0.25) is 4.79 Å². The van der Waals surface area contributed by atoms with Gasteiger partial charge in [-0.1, -0.05) is 23.2 Å². The maximum absolute atomic E-state index is 12.1. The molecule has 0 aliphatic carbocycles. The van der Waals surface area contributed by atoms with Gasteiger partial charge in [0.25, 0.3) is 5.91 Å². The van der Waals surface area contributed by atoms with Crippen molar-refractivity contribution in [3.05, 3.63) is 50.0 Å². The van der Waals surface area contributed by atoms with Crippen molar-refractivity contribution in [3.8, 4) is 0 Å². The molecule has 7 heteroatoms. The standard InChI is InChI=1S/C13H10BrCl2N3O/c1-6-2-11(18-5-8(6)14)19-13(20)7-3-9(15)12(16)10(17)4-7/h2-5H,17H2,1H3,(H,18,19,20). The van der Waals surface area contributed by atoms with Crippen LogP contribution in [0.4, 0.5) is 11.5 Å². The number of aryl methyl sites for hydroxylation is 1. The van der Waals surface area contributed by atoms with Crippen LogP contribution in [0.1, 0.15) is 15.9 Å². The van der Waals surface area contributed by atoms with Gasteiger partial charge in [-0.05, 0) is 46.6 Å². The maximum atomic E-state index is 12.1. The number of amides is 1. The number of pyridine rings is 1. The van der Waals surface area contributed by atoms with E-state index in [2.05, 4.69) is 26.2 Å². The highest BCUT2D eigenvalue weighted by molar-refractivity contribution is 9.10. The Kier molecular flexibility index (Phi) is 4.52. The molecule has 0 unspecified atom stereocenters. The second-order valence-corrected chi connectivity index (χ2v) is 5.77. The molecule has 0 radical (unpaired) electrons. The number of nitrogens with one attached hydrogen (secondary N) is 1. The summed E-state index contributed by atoms with van der Waals surface area (Å²) in [7, 11) is 0. The molecule has 1 amide bonds. The van der Waals surface area contributed by atoms with Gasteiger partial charge in [0, 0.05) is 16.2 Å². The fourth-order valence-electron chi connectivity index (χ4n) is 1.54. The zero-order valence-corrected chi connectivity index (χ0v) is 13.5. The molecule has 104 valence electrons. The summed E-state index contributed by atoms with van der Waals surface area (Å²) < 4.78 is 0.870. The molecule has 2 aromatic rings. The molecule has 1 aromatic heterocycles. The summed E-state index contributed by atoms with van der Waals surface area (Å²) in [6, 6.07) is 4.68. The lowest BCUT2D eigenvalue weighted by Gasteiger charge is -2.08. The van der Waals surface area contributed by atoms with Crippen LogP contribution in [0, 0.1) is 6.92 Å². The van der Waals surface area contributed by atoms with Gasteiger partial charge >= 0.3 is 0 Å². The Bertz CT molecular complexity index is 668. The monoisotopic (exact) mass is 373 g/mol. The van der Waals surface area contributed by atoms with Crippen molar-refractivity contribution in [3.63, 3.8) is 0 Å². The molecule has 0 atom stereocenters. The minimum absolute atomic E-state index is 0.233. The van der Waals surface area contributed by atoms with Gasteiger partial charge in [0.1, 0.15) is 5.82 Å². The zero-order chi connectivity index (χ0) is 14.9. The first-order valence-corrected chi connectivity index (χ1v) is 7.11. The summed E-state index contributed by atoms with van der Waals surface area (Å²) in [5, 5.41) is 3.14. The van der Waals surface area contributed by atoms with E-state index in [9.17, 15) is 4.79 Å². The minimum Gasteiger partial charge on any atom is -0.397 e. The number of carbonyl (C=O) groups excluding carboxylic acids is 1. The Balaban J connectivity index is 2.26. The van der Waals surface area contributed by atoms with Gasteiger partial charge in [0.15, 0.2) is 0 Å². The van der Waals surface area contributed by atoms with Crippen molar-refractivity contribution in [2.24, 2.45) is 0 Å². The van der Waals surface area contributed by atoms with Crippen molar-refractivity contribution >= 4 is 56.5 Å². The molecule has 0 aliphatic rings. The van der Waals surface area contributed by atoms with Crippen LogP contribution in [0.25, 0.3) is 0 Å². The van der Waals surface area contributed by atoms with E-state index in [1.165, 1.54) is 12.1 Å². The first-order chi connectivity index (χ1) is 9.38. The van der Waals surface area contributed by atoms with Gasteiger partial charge < -0.3 is 11.1 Å². The second kappa shape index (κ2) is 5.99. The summed E-state index contributed by atoms with van der Waals surface area (Å²) in [5.41, 5.74) is 7.21. The first-order valence-electron chi connectivity index (χ1n) is 5.56. The molecule has 1 aromatic carbocycles. The number of rotatable bonds is 2. The summed E-state index contributed by atoms with van der Waals surface area (Å²) in [6.45, 7) is 1.90. The molecule has 3 N–H and O–H groups in total. The SMILES string of the molecule is Cc1cc(NC(=O)c2cc(N)c(Cl)c(Cl)c2)ncc1Br. The quantitative estimate of drug-likeness (QED) is 0.770. The van der Waals surface area contributed by atoms with Gasteiger partial charge in [-0.25, -0.2) is 4.98 Å². The number of nitrogens with zero attached hydrogens (tertiary/aromatic N) is 1. The summed E-state index contributed by atoms with van der Waals surface area (Å²) >= 11 is 15.1. The number of aromatic nitrogens is 1. The molecule has 1 heterocycles. The Labute approximate surface area is 134 Å². The van der Waals surface area contributed by atoms with Gasteiger partial charge in [0.2, 0.25) is 0 Å². The van der Waals surface area contributed by atoms with Gasteiger partial charge in [-0.2, -0.15) is 0 Å². The predicted molar refractivity (Wildman–Crippen MR) is 85.5 cm³/mol. The van der Waals surface area contributed by atoms with Crippen LogP contribution in [-0.2, 0) is 0 Å². The van der Waals surface area contributed by atoms with E-state index in [1.54, 1.807) is 12.3 Å². The predicted octanol–water partition coefficient (Wildman–Crippen LogP) is 4.29. The third-order valence-electron chi connectivity index (χ3n) is 2.61. The second-order valence-electron chi connectivity index (χ2n) is 4.13. The van der Waals surface area contributed by atoms with Crippen LogP contribution in [0.2, 0.25) is 10.0 Å². The van der Waals surface area contributed by atoms with Crippen LogP contribution in [0.5, 0.6) is 0 Å². The third kappa shape index (κ3) is 3.23. The minimum atomic E-state index is -0.357. The van der Waals surface area contributed by atoms with E-state index in [-0.39, 0.29) is 21.6 Å². The van der Waals surface area contributed by atoms with Crippen LogP contribution >= 0.6 is 39.1 Å². The lowest BCUT2D eigenvalue weighted by molar-refractivity contribution is 0.102. The largest absolute Gasteiger partial charge is 0.397 e. The number of hydrogen-bond donors (Lipinski definition) is 2. The van der Waals surface area contributed by atoms with Crippen molar-refractivity contribution in [1.82, 2.24) is 4.98 Å². The van der Waals surface area contributed by atoms with Crippen LogP contribution in [-0.4, -0.2) is 10.9 Å². The lowest BCUT2D eigenvalue weighted by atomic mass is 10.2. The van der Waals surface area contributed by atoms with Crippen molar-refractivity contribution in [1.29, 1.82) is 0 Å². The Morgan fingerprint density at radius 2 is 2.05 bits per heavy atom. The Morgan fingerprint density at radius 1 is 1.35 bits per heavy atom. The van der Waals surface area contributed by atoms with Crippen molar-refractivity contribution in [2.45, 2.75) is 6.92 Å². The molecular weight excluding hydrogens is 365 g/mol. The fraction of sp³-hybridized carbons (Fsp3) is 0.0769. The Hall–Kier alpha value is -1.30. The molecule has 4 nitrogen and oxygen atoms in total. The van der Waals surface area contributed by atoms with E-state index in [0.29, 0.717) is 11.4 Å². The van der Waals surface area contributed by atoms with Crippen LogP contribution in [0.15, 0.2) is 28.9 Å². The van der Waals surface area contributed by atoms with E-state index >= 15 is 0 Å². The average molecular weight is 375 g/mol. The van der Waals surface area contributed by atoms with Gasteiger partial charge in [-0.15, -0.1) is 0 Å². The molecule has 2 rings (SSSR count). The van der Waals surface area contributed by atoms with E-state index in [0.717, 1.165) is 10.0 Å². The number of anilines is 2. The molecular formula is C13H10BrCl2N3O. The molecule has 0 fully saturated rings. The maximum Gasteiger partial charge on any atom is 0.256 e. The highest BCUT2D eigenvalue weighted by atomic mass is 79.9. The van der Waals surface area contributed by atoms with Gasteiger partial charge in [0.05, 0.1) is 15.7 Å². The molecule has 0 spiro atoms. The van der Waals surface area contributed by atoms with E-state index in [4.69, 9.17) is 28.9 Å². The molecule has 0 aliphatic heterocycles. The van der Waals surface area contributed by atoms with E-state index in [1.807, 2.05) is 6.92 Å². The highest BCUT2D eigenvalue weighted by Crippen LogP contribution is 2.29. The number of hydrogen-bond acceptors (Lipinski definition) is 3. The van der Waals surface area contributed by atoms with E-state index < -0.39 is 0 Å². The Morgan fingerprint density at radius 3 is 2.65 bits per heavy atom. The average Bonchev–Trinajstić information content (AvgIpc) is 2.39. The molecule has 0 bridgehead atoms. The van der Waals surface area contributed by atoms with Crippen molar-refractivity contribution in [2.75, 3.05) is 11.1 Å². The zero-order valence-electron chi connectivity index (χ0n) is 10.4. The smallest absolute Gasteiger partial charge is 0.256 e. The molecule has 0 saturated carbocycles. The number of nitrogen functional groups attached to an aromatic ring is 1. The third-order valence-corrected chi connectivity index (χ3v) is 4.25. The molecule has 20 heavy (non-hydrogen) atoms. The number of nitrogens with two attached hydrogens (primary N) is 1. The normalized spacial score (nSPS) is 10.4. The summed E-state index contributed by atoms with van der Waals surface area (Å²) in [4.78, 5) is 16.2. The highest BCUT2D eigenvalue weighted by Gasteiger charge is 2.12. The van der Waals surface area contributed by atoms with Crippen LogP contribution < -0.4 is 11.1 Å². The first kappa shape index (κ1) is 15.1. The number of halogens is 3. The summed E-state index contributed by atoms with van der Waals surface area (Å²) in [6.07, 6.45) is 1.62. The number of benzene rings is 1. The van der Waals surface area contributed by atoms with Crippen molar-refractivity contribution < 1.29 is 4.79 Å². The fourth-order valence-corrected chi connectivity index (χ4v) is 2.09. The molecule has 0 saturated heterocycles. The summed E-state index contributed by atoms with van der Waals surface area (Å²) in [5.74, 6) is 0.0878. The number of carbonyl (C=O) groups is 1.